The van der Waals surface area contributed by atoms with Crippen molar-refractivity contribution in [1.29, 1.82) is 0 Å². The first-order chi connectivity index (χ1) is 14.3. The molecule has 0 atom stereocenters. The topological polar surface area (TPSA) is 27.8 Å². The molecule has 0 amide bonds. The van der Waals surface area contributed by atoms with Crippen molar-refractivity contribution in [3.63, 3.8) is 0 Å². The molecule has 0 aliphatic carbocycles. The maximum Gasteiger partial charge on any atom is 0.161 e. The van der Waals surface area contributed by atoms with E-state index in [-0.39, 0.29) is 0 Å². The van der Waals surface area contributed by atoms with Crippen LogP contribution in [-0.4, -0.2) is 22.2 Å². The Morgan fingerprint density at radius 2 is 1.62 bits per heavy atom. The second kappa shape index (κ2) is 6.70. The Morgan fingerprint density at radius 3 is 2.48 bits per heavy atom. The van der Waals surface area contributed by atoms with Crippen molar-refractivity contribution in [3.8, 4) is 33.9 Å². The smallest absolute Gasteiger partial charge is 0.161 e. The Morgan fingerprint density at radius 1 is 0.828 bits per heavy atom. The van der Waals surface area contributed by atoms with Crippen LogP contribution in [0, 0.1) is 0 Å². The predicted octanol–water partition coefficient (Wildman–Crippen LogP) is 5.94. The van der Waals surface area contributed by atoms with Gasteiger partial charge in [0.25, 0.3) is 0 Å². The van der Waals surface area contributed by atoms with Crippen LogP contribution in [0.5, 0.6) is 11.5 Å². The molecule has 4 aromatic rings. The molecular formula is C24H21BrN2O2. The number of hydrogen-bond donors (Lipinski definition) is 0. The molecule has 2 aromatic carbocycles. The van der Waals surface area contributed by atoms with Gasteiger partial charge in [0.05, 0.1) is 5.69 Å². The van der Waals surface area contributed by atoms with Crippen LogP contribution in [0.15, 0.2) is 59.3 Å². The molecule has 2 aliphatic rings. The van der Waals surface area contributed by atoms with Crippen molar-refractivity contribution in [2.45, 2.75) is 25.8 Å². The number of rotatable bonds is 2. The fraction of sp³-hybridized carbons (Fsp3) is 0.250. The third-order valence-corrected chi connectivity index (χ3v) is 6.50. The lowest BCUT2D eigenvalue weighted by atomic mass is 10.0. The summed E-state index contributed by atoms with van der Waals surface area (Å²) in [7, 11) is 0. The number of aryl methyl sites for hydroxylation is 2. The summed E-state index contributed by atoms with van der Waals surface area (Å²) in [4.78, 5) is 0. The molecule has 0 fully saturated rings. The van der Waals surface area contributed by atoms with Crippen molar-refractivity contribution < 1.29 is 9.47 Å². The first-order valence-corrected chi connectivity index (χ1v) is 11.0. The van der Waals surface area contributed by atoms with Crippen LogP contribution in [0.25, 0.3) is 28.0 Å². The van der Waals surface area contributed by atoms with Crippen molar-refractivity contribution in [1.82, 2.24) is 8.97 Å². The van der Waals surface area contributed by atoms with Crippen molar-refractivity contribution in [2.24, 2.45) is 0 Å². The molecular weight excluding hydrogens is 428 g/mol. The van der Waals surface area contributed by atoms with Crippen LogP contribution in [0.4, 0.5) is 0 Å². The largest absolute Gasteiger partial charge is 0.486 e. The average molecular weight is 449 g/mol. The van der Waals surface area contributed by atoms with E-state index in [1.54, 1.807) is 0 Å². The Balaban J connectivity index is 1.52. The van der Waals surface area contributed by atoms with Crippen LogP contribution in [-0.2, 0) is 13.0 Å². The van der Waals surface area contributed by atoms with Gasteiger partial charge in [-0.3, -0.25) is 0 Å². The van der Waals surface area contributed by atoms with Gasteiger partial charge in [0.15, 0.2) is 11.5 Å². The standard InChI is InChI=1S/C24H21BrN2O2/c25-18-7-4-16(5-8-18)21-15-26-14-20(19-3-1-2-10-27(21)24(19)26)17-6-9-22-23(13-17)29-12-11-28-22/h4-9,13-15H,1-3,10-12H2. The average Bonchev–Trinajstić information content (AvgIpc) is 3.18. The number of hydrogen-bond acceptors (Lipinski definition) is 2. The molecule has 2 aliphatic heterocycles. The molecule has 29 heavy (non-hydrogen) atoms. The van der Waals surface area contributed by atoms with Gasteiger partial charge in [0.2, 0.25) is 0 Å². The van der Waals surface area contributed by atoms with E-state index in [4.69, 9.17) is 9.47 Å². The monoisotopic (exact) mass is 448 g/mol. The van der Waals surface area contributed by atoms with Gasteiger partial charge in [0, 0.05) is 34.5 Å². The van der Waals surface area contributed by atoms with E-state index in [2.05, 4.69) is 73.7 Å². The van der Waals surface area contributed by atoms with E-state index in [0.29, 0.717) is 13.2 Å². The van der Waals surface area contributed by atoms with Gasteiger partial charge in [-0.25, -0.2) is 0 Å². The number of nitrogens with zero attached hydrogens (tertiary/aromatic N) is 2. The Labute approximate surface area is 177 Å². The summed E-state index contributed by atoms with van der Waals surface area (Å²) in [6.45, 7) is 2.29. The minimum atomic E-state index is 0.614. The molecule has 5 heteroatoms. The quantitative estimate of drug-likeness (QED) is 0.379. The molecule has 0 saturated heterocycles. The summed E-state index contributed by atoms with van der Waals surface area (Å²) in [6.07, 6.45) is 8.06. The van der Waals surface area contributed by atoms with Crippen molar-refractivity contribution >= 4 is 21.6 Å². The molecule has 0 N–H and O–H groups in total. The van der Waals surface area contributed by atoms with E-state index in [9.17, 15) is 0 Å². The summed E-state index contributed by atoms with van der Waals surface area (Å²) in [5.41, 5.74) is 7.80. The summed E-state index contributed by atoms with van der Waals surface area (Å²) in [5, 5.41) is 0. The van der Waals surface area contributed by atoms with Crippen LogP contribution >= 0.6 is 15.9 Å². The van der Waals surface area contributed by atoms with Gasteiger partial charge in [-0.15, -0.1) is 0 Å². The van der Waals surface area contributed by atoms with E-state index in [1.165, 1.54) is 46.4 Å². The number of aromatic nitrogens is 2. The molecule has 0 bridgehead atoms. The van der Waals surface area contributed by atoms with Crippen molar-refractivity contribution in [2.75, 3.05) is 13.2 Å². The zero-order chi connectivity index (χ0) is 19.4. The van der Waals surface area contributed by atoms with Crippen molar-refractivity contribution in [3.05, 3.63) is 64.9 Å². The third-order valence-electron chi connectivity index (χ3n) is 5.97. The number of ether oxygens (including phenoxy) is 2. The van der Waals surface area contributed by atoms with Gasteiger partial charge in [-0.05, 0) is 54.7 Å². The van der Waals surface area contributed by atoms with E-state index >= 15 is 0 Å². The third kappa shape index (κ3) is 2.79. The maximum absolute atomic E-state index is 5.82. The SMILES string of the molecule is Brc1ccc(-c2cn3cc(-c4ccc5c(c4)OCCO5)c4c3n2CCCC4)cc1. The van der Waals surface area contributed by atoms with E-state index in [1.807, 2.05) is 6.07 Å². The second-order valence-corrected chi connectivity index (χ2v) is 8.66. The number of benzene rings is 2. The molecule has 4 nitrogen and oxygen atoms in total. The van der Waals surface area contributed by atoms with Crippen LogP contribution in [0.2, 0.25) is 0 Å². The van der Waals surface area contributed by atoms with Gasteiger partial charge in [-0.2, -0.15) is 0 Å². The molecule has 0 spiro atoms. The Kier molecular flexibility index (Phi) is 3.98. The minimum absolute atomic E-state index is 0.614. The second-order valence-electron chi connectivity index (χ2n) is 7.74. The fourth-order valence-electron chi connectivity index (χ4n) is 4.63. The lowest BCUT2D eigenvalue weighted by molar-refractivity contribution is 0.171. The minimum Gasteiger partial charge on any atom is -0.486 e. The van der Waals surface area contributed by atoms with Gasteiger partial charge in [0.1, 0.15) is 18.9 Å². The highest BCUT2D eigenvalue weighted by molar-refractivity contribution is 9.10. The number of imidazole rings is 1. The van der Waals surface area contributed by atoms with Crippen LogP contribution in [0.3, 0.4) is 0 Å². The van der Waals surface area contributed by atoms with Crippen LogP contribution in [0.1, 0.15) is 18.4 Å². The predicted molar refractivity (Wildman–Crippen MR) is 118 cm³/mol. The summed E-state index contributed by atoms with van der Waals surface area (Å²) < 4.78 is 17.4. The molecule has 4 heterocycles. The highest BCUT2D eigenvalue weighted by Crippen LogP contribution is 2.40. The molecule has 146 valence electrons. The number of halogens is 1. The normalized spacial score (nSPS) is 15.5. The summed E-state index contributed by atoms with van der Waals surface area (Å²) in [5.74, 6) is 1.69. The number of fused-ring (bicyclic) bond motifs is 1. The Bertz CT molecular complexity index is 1220. The molecule has 6 rings (SSSR count). The molecule has 0 saturated carbocycles. The lowest BCUT2D eigenvalue weighted by Crippen LogP contribution is -2.15. The zero-order valence-corrected chi connectivity index (χ0v) is 17.6. The molecule has 0 radical (unpaired) electrons. The van der Waals surface area contributed by atoms with Gasteiger partial charge in [-0.1, -0.05) is 34.1 Å². The first kappa shape index (κ1) is 17.2. The molecule has 0 unspecified atom stereocenters. The summed E-state index contributed by atoms with van der Waals surface area (Å²) in [6, 6.07) is 14.9. The summed E-state index contributed by atoms with van der Waals surface area (Å²) >= 11 is 3.55. The fourth-order valence-corrected chi connectivity index (χ4v) is 4.89. The highest BCUT2D eigenvalue weighted by Gasteiger charge is 2.22. The van der Waals surface area contributed by atoms with Crippen LogP contribution < -0.4 is 9.47 Å². The van der Waals surface area contributed by atoms with E-state index in [0.717, 1.165) is 28.9 Å². The highest BCUT2D eigenvalue weighted by atomic mass is 79.9. The van der Waals surface area contributed by atoms with Gasteiger partial charge < -0.3 is 18.4 Å². The maximum atomic E-state index is 5.82. The Hall–Kier alpha value is -2.66. The first-order valence-electron chi connectivity index (χ1n) is 10.2. The zero-order valence-electron chi connectivity index (χ0n) is 16.0. The van der Waals surface area contributed by atoms with Gasteiger partial charge >= 0.3 is 0 Å². The van der Waals surface area contributed by atoms with E-state index < -0.39 is 0 Å². The lowest BCUT2D eigenvalue weighted by Gasteiger charge is -2.19. The molecule has 2 aromatic heterocycles.